The van der Waals surface area contributed by atoms with E-state index in [1.165, 1.54) is 0 Å². The first-order chi connectivity index (χ1) is 12.9. The lowest BCUT2D eigenvalue weighted by molar-refractivity contribution is -0.132. The van der Waals surface area contributed by atoms with E-state index in [2.05, 4.69) is 4.98 Å². The predicted molar refractivity (Wildman–Crippen MR) is 104 cm³/mol. The highest BCUT2D eigenvalue weighted by atomic mass is 16.5. The molecular formula is C21H28N2O4. The average molecular weight is 372 g/mol. The summed E-state index contributed by atoms with van der Waals surface area (Å²) in [5.41, 5.74) is 4.13. The Labute approximate surface area is 160 Å². The summed E-state index contributed by atoms with van der Waals surface area (Å²) in [6.45, 7) is 8.68. The topological polar surface area (TPSA) is 71.6 Å². The molecule has 1 aromatic heterocycles. The number of carbonyl (C=O) groups excluding carboxylic acids is 2. The number of nitrogens with one attached hydrogen (secondary N) is 1. The second-order valence-electron chi connectivity index (χ2n) is 6.40. The first-order valence-corrected chi connectivity index (χ1v) is 9.17. The van der Waals surface area contributed by atoms with Crippen LogP contribution < -0.4 is 4.74 Å². The molecule has 1 N–H and O–H groups in total. The van der Waals surface area contributed by atoms with Gasteiger partial charge in [-0.2, -0.15) is 0 Å². The van der Waals surface area contributed by atoms with Crippen LogP contribution in [0.4, 0.5) is 0 Å². The number of esters is 1. The Balaban J connectivity index is 2.25. The summed E-state index contributed by atoms with van der Waals surface area (Å²) in [6, 6.07) is 7.68. The zero-order valence-electron chi connectivity index (χ0n) is 16.7. The van der Waals surface area contributed by atoms with E-state index < -0.39 is 0 Å². The molecule has 2 rings (SSSR count). The Morgan fingerprint density at radius 2 is 1.74 bits per heavy atom. The molecule has 6 heteroatoms. The van der Waals surface area contributed by atoms with Gasteiger partial charge < -0.3 is 19.4 Å². The first-order valence-electron chi connectivity index (χ1n) is 9.17. The van der Waals surface area contributed by atoms with E-state index in [9.17, 15) is 9.59 Å². The maximum absolute atomic E-state index is 12.5. The summed E-state index contributed by atoms with van der Waals surface area (Å²) in [5, 5.41) is 0. The standard InChI is InChI=1S/C21H28N2O4/c1-6-19(24)23(12-16-8-10-17(26-5)11-9-16)13-18-14(3)20(22-15(18)4)21(25)27-7-2/h8-11,22H,6-7,12-13H2,1-5H3. The van der Waals surface area contributed by atoms with Crippen molar-refractivity contribution in [2.75, 3.05) is 13.7 Å². The van der Waals surface area contributed by atoms with Crippen LogP contribution in [0.5, 0.6) is 5.75 Å². The smallest absolute Gasteiger partial charge is 0.355 e. The minimum Gasteiger partial charge on any atom is -0.497 e. The number of aromatic nitrogens is 1. The molecule has 0 spiro atoms. The van der Waals surface area contributed by atoms with Crippen molar-refractivity contribution in [3.05, 3.63) is 52.3 Å². The van der Waals surface area contributed by atoms with Gasteiger partial charge in [0.25, 0.3) is 0 Å². The van der Waals surface area contributed by atoms with Crippen LogP contribution in [0.25, 0.3) is 0 Å². The highest BCUT2D eigenvalue weighted by Gasteiger charge is 2.21. The minimum atomic E-state index is -0.368. The number of carbonyl (C=O) groups is 2. The van der Waals surface area contributed by atoms with Crippen molar-refractivity contribution in [3.8, 4) is 5.75 Å². The van der Waals surface area contributed by atoms with E-state index in [1.54, 1.807) is 18.9 Å². The Hall–Kier alpha value is -2.76. The summed E-state index contributed by atoms with van der Waals surface area (Å²) in [5.74, 6) is 0.472. The van der Waals surface area contributed by atoms with Crippen LogP contribution in [0.1, 0.15) is 53.1 Å². The lowest BCUT2D eigenvalue weighted by Crippen LogP contribution is -2.29. The van der Waals surface area contributed by atoms with Gasteiger partial charge in [-0.25, -0.2) is 4.79 Å². The van der Waals surface area contributed by atoms with E-state index in [0.717, 1.165) is 28.1 Å². The van der Waals surface area contributed by atoms with Crippen LogP contribution in [-0.4, -0.2) is 35.5 Å². The number of methoxy groups -OCH3 is 1. The molecule has 146 valence electrons. The number of H-pyrrole nitrogens is 1. The highest BCUT2D eigenvalue weighted by molar-refractivity contribution is 5.90. The van der Waals surface area contributed by atoms with Gasteiger partial charge in [0, 0.05) is 25.2 Å². The third kappa shape index (κ3) is 4.90. The zero-order valence-corrected chi connectivity index (χ0v) is 16.7. The first kappa shape index (κ1) is 20.6. The van der Waals surface area contributed by atoms with Gasteiger partial charge in [-0.05, 0) is 49.6 Å². The average Bonchev–Trinajstić information content (AvgIpc) is 2.95. The quantitative estimate of drug-likeness (QED) is 0.716. The molecule has 0 aliphatic carbocycles. The van der Waals surface area contributed by atoms with E-state index >= 15 is 0 Å². The van der Waals surface area contributed by atoms with Crippen molar-refractivity contribution in [3.63, 3.8) is 0 Å². The highest BCUT2D eigenvalue weighted by Crippen LogP contribution is 2.22. The fraction of sp³-hybridized carbons (Fsp3) is 0.429. The lowest BCUT2D eigenvalue weighted by atomic mass is 10.1. The monoisotopic (exact) mass is 372 g/mol. The van der Waals surface area contributed by atoms with Crippen molar-refractivity contribution >= 4 is 11.9 Å². The summed E-state index contributed by atoms with van der Waals surface area (Å²) in [7, 11) is 1.63. The predicted octanol–water partition coefficient (Wildman–Crippen LogP) is 3.76. The van der Waals surface area contributed by atoms with Crippen molar-refractivity contribution in [2.24, 2.45) is 0 Å². The number of aryl methyl sites for hydroxylation is 1. The molecule has 1 aromatic carbocycles. The number of amides is 1. The summed E-state index contributed by atoms with van der Waals surface area (Å²) >= 11 is 0. The summed E-state index contributed by atoms with van der Waals surface area (Å²) in [6.07, 6.45) is 0.420. The third-order valence-corrected chi connectivity index (χ3v) is 4.61. The molecule has 0 bridgehead atoms. The molecule has 0 saturated heterocycles. The number of aromatic amines is 1. The number of hydrogen-bond donors (Lipinski definition) is 1. The maximum Gasteiger partial charge on any atom is 0.355 e. The lowest BCUT2D eigenvalue weighted by Gasteiger charge is -2.23. The zero-order chi connectivity index (χ0) is 20.0. The molecule has 0 aliphatic rings. The van der Waals surface area contributed by atoms with Gasteiger partial charge in [-0.15, -0.1) is 0 Å². The largest absolute Gasteiger partial charge is 0.497 e. The van der Waals surface area contributed by atoms with Crippen LogP contribution in [0.15, 0.2) is 24.3 Å². The Morgan fingerprint density at radius 3 is 2.30 bits per heavy atom. The van der Waals surface area contributed by atoms with E-state index in [4.69, 9.17) is 9.47 Å². The number of ether oxygens (including phenoxy) is 2. The second kappa shape index (κ2) is 9.26. The Bertz CT molecular complexity index is 793. The van der Waals surface area contributed by atoms with Gasteiger partial charge in [0.05, 0.1) is 13.7 Å². The molecule has 6 nitrogen and oxygen atoms in total. The van der Waals surface area contributed by atoms with Crippen LogP contribution >= 0.6 is 0 Å². The normalized spacial score (nSPS) is 10.6. The van der Waals surface area contributed by atoms with Crippen LogP contribution in [-0.2, 0) is 22.6 Å². The molecule has 0 fully saturated rings. The SMILES string of the molecule is CCOC(=O)c1[nH]c(C)c(CN(Cc2ccc(OC)cc2)C(=O)CC)c1C. The van der Waals surface area contributed by atoms with Crippen molar-refractivity contribution in [2.45, 2.75) is 47.2 Å². The molecular weight excluding hydrogens is 344 g/mol. The van der Waals surface area contributed by atoms with Crippen LogP contribution in [0, 0.1) is 13.8 Å². The summed E-state index contributed by atoms with van der Waals surface area (Å²) < 4.78 is 10.3. The minimum absolute atomic E-state index is 0.0588. The number of rotatable bonds is 8. The van der Waals surface area contributed by atoms with Crippen molar-refractivity contribution in [1.82, 2.24) is 9.88 Å². The number of benzene rings is 1. The third-order valence-electron chi connectivity index (χ3n) is 4.61. The van der Waals surface area contributed by atoms with Gasteiger partial charge >= 0.3 is 5.97 Å². The molecule has 1 heterocycles. The van der Waals surface area contributed by atoms with Crippen LogP contribution in [0.2, 0.25) is 0 Å². The van der Waals surface area contributed by atoms with E-state index in [1.807, 2.05) is 45.0 Å². The Morgan fingerprint density at radius 1 is 1.07 bits per heavy atom. The fourth-order valence-corrected chi connectivity index (χ4v) is 3.03. The molecule has 1 amide bonds. The van der Waals surface area contributed by atoms with Gasteiger partial charge in [0.15, 0.2) is 0 Å². The molecule has 0 radical (unpaired) electrons. The molecule has 0 aliphatic heterocycles. The fourth-order valence-electron chi connectivity index (χ4n) is 3.03. The van der Waals surface area contributed by atoms with Gasteiger partial charge in [0.2, 0.25) is 5.91 Å². The van der Waals surface area contributed by atoms with Crippen LogP contribution in [0.3, 0.4) is 0 Å². The van der Waals surface area contributed by atoms with E-state index in [-0.39, 0.29) is 11.9 Å². The van der Waals surface area contributed by atoms with Crippen molar-refractivity contribution in [1.29, 1.82) is 0 Å². The van der Waals surface area contributed by atoms with Gasteiger partial charge in [-0.1, -0.05) is 19.1 Å². The number of hydrogen-bond acceptors (Lipinski definition) is 4. The maximum atomic E-state index is 12.5. The van der Waals surface area contributed by atoms with Gasteiger partial charge in [-0.3, -0.25) is 4.79 Å². The Kier molecular flexibility index (Phi) is 7.05. The molecule has 2 aromatic rings. The van der Waals surface area contributed by atoms with E-state index in [0.29, 0.717) is 31.8 Å². The van der Waals surface area contributed by atoms with Gasteiger partial charge in [0.1, 0.15) is 11.4 Å². The molecule has 27 heavy (non-hydrogen) atoms. The van der Waals surface area contributed by atoms with Crippen molar-refractivity contribution < 1.29 is 19.1 Å². The molecule has 0 saturated carbocycles. The number of nitrogens with zero attached hydrogens (tertiary/aromatic N) is 1. The summed E-state index contributed by atoms with van der Waals surface area (Å²) in [4.78, 5) is 29.5. The molecule has 0 atom stereocenters. The second-order valence-corrected chi connectivity index (χ2v) is 6.40. The molecule has 0 unspecified atom stereocenters.